The Morgan fingerprint density at radius 3 is 2.70 bits per heavy atom. The number of thioether (sulfide) groups is 1. The van der Waals surface area contributed by atoms with Crippen LogP contribution < -0.4 is 0 Å². The minimum atomic E-state index is 0.940. The van der Waals surface area contributed by atoms with Crippen LogP contribution in [0.2, 0.25) is 0 Å². The molecular weight excluding hydrogens is 140 g/mol. The van der Waals surface area contributed by atoms with Crippen LogP contribution in [0.3, 0.4) is 0 Å². The van der Waals surface area contributed by atoms with Crippen molar-refractivity contribution in [2.45, 2.75) is 25.7 Å². The molecule has 0 aliphatic heterocycles. The summed E-state index contributed by atoms with van der Waals surface area (Å²) in [6.07, 6.45) is 9.80. The number of rotatable bonds is 6. The summed E-state index contributed by atoms with van der Waals surface area (Å²) in [5.74, 6) is 4.88. The zero-order chi connectivity index (χ0) is 7.66. The standard InChI is InChI=1S/C9H15S/c1-3-5-6-7-8-9-10-4-2/h1H,2,4-9H2. The van der Waals surface area contributed by atoms with E-state index < -0.39 is 0 Å². The summed E-state index contributed by atoms with van der Waals surface area (Å²) in [4.78, 5) is 0. The van der Waals surface area contributed by atoms with Gasteiger partial charge in [-0.25, -0.2) is 0 Å². The van der Waals surface area contributed by atoms with Gasteiger partial charge in [0, 0.05) is 6.42 Å². The van der Waals surface area contributed by atoms with Crippen LogP contribution in [0.15, 0.2) is 0 Å². The van der Waals surface area contributed by atoms with Gasteiger partial charge in [0.15, 0.2) is 0 Å². The minimum absolute atomic E-state index is 0.940. The normalized spacial score (nSPS) is 9.20. The van der Waals surface area contributed by atoms with E-state index in [0.29, 0.717) is 0 Å². The van der Waals surface area contributed by atoms with E-state index in [9.17, 15) is 0 Å². The molecule has 1 radical (unpaired) electrons. The van der Waals surface area contributed by atoms with E-state index in [-0.39, 0.29) is 0 Å². The molecule has 0 aliphatic rings. The van der Waals surface area contributed by atoms with Gasteiger partial charge >= 0.3 is 0 Å². The van der Waals surface area contributed by atoms with Crippen LogP contribution in [0.25, 0.3) is 0 Å². The van der Waals surface area contributed by atoms with Gasteiger partial charge in [0.25, 0.3) is 0 Å². The molecule has 57 valence electrons. The van der Waals surface area contributed by atoms with Crippen molar-refractivity contribution in [3.63, 3.8) is 0 Å². The van der Waals surface area contributed by atoms with Crippen molar-refractivity contribution < 1.29 is 0 Å². The highest BCUT2D eigenvalue weighted by molar-refractivity contribution is 7.99. The molecule has 0 atom stereocenters. The molecule has 0 saturated heterocycles. The number of unbranched alkanes of at least 4 members (excludes halogenated alkanes) is 3. The van der Waals surface area contributed by atoms with Gasteiger partial charge in [0.1, 0.15) is 0 Å². The predicted molar refractivity (Wildman–Crippen MR) is 50.0 cm³/mol. The lowest BCUT2D eigenvalue weighted by Crippen LogP contribution is -1.81. The molecule has 0 aromatic rings. The first kappa shape index (κ1) is 9.91. The Morgan fingerprint density at radius 2 is 2.10 bits per heavy atom. The van der Waals surface area contributed by atoms with Crippen molar-refractivity contribution in [3.8, 4) is 12.3 Å². The Labute approximate surface area is 68.8 Å². The van der Waals surface area contributed by atoms with Crippen molar-refractivity contribution in [1.29, 1.82) is 0 Å². The predicted octanol–water partition coefficient (Wildman–Crippen LogP) is 2.75. The summed E-state index contributed by atoms with van der Waals surface area (Å²) in [5, 5.41) is 0. The summed E-state index contributed by atoms with van der Waals surface area (Å²) < 4.78 is 0. The lowest BCUT2D eigenvalue weighted by molar-refractivity contribution is 0.743. The molecule has 10 heavy (non-hydrogen) atoms. The van der Waals surface area contributed by atoms with E-state index in [0.717, 1.165) is 12.2 Å². The van der Waals surface area contributed by atoms with Gasteiger partial charge in [-0.1, -0.05) is 6.42 Å². The van der Waals surface area contributed by atoms with Gasteiger partial charge in [-0.3, -0.25) is 0 Å². The highest BCUT2D eigenvalue weighted by atomic mass is 32.2. The van der Waals surface area contributed by atoms with Crippen molar-refractivity contribution >= 4 is 11.8 Å². The Morgan fingerprint density at radius 1 is 1.30 bits per heavy atom. The second-order valence-electron chi connectivity index (χ2n) is 2.13. The van der Waals surface area contributed by atoms with Crippen molar-refractivity contribution in [2.24, 2.45) is 0 Å². The number of hydrogen-bond donors (Lipinski definition) is 0. The van der Waals surface area contributed by atoms with Gasteiger partial charge in [-0.15, -0.1) is 12.3 Å². The fourth-order valence-corrected chi connectivity index (χ4v) is 1.32. The Hall–Kier alpha value is -0.0900. The van der Waals surface area contributed by atoms with Crippen molar-refractivity contribution in [1.82, 2.24) is 0 Å². The maximum absolute atomic E-state index is 5.10. The number of hydrogen-bond acceptors (Lipinski definition) is 1. The van der Waals surface area contributed by atoms with Crippen LogP contribution in [-0.2, 0) is 0 Å². The Balaban J connectivity index is 2.72. The van der Waals surface area contributed by atoms with Crippen LogP contribution >= 0.6 is 11.8 Å². The van der Waals surface area contributed by atoms with Gasteiger partial charge in [-0.05, 0) is 31.3 Å². The average molecular weight is 155 g/mol. The van der Waals surface area contributed by atoms with E-state index in [4.69, 9.17) is 6.42 Å². The highest BCUT2D eigenvalue weighted by Crippen LogP contribution is 2.05. The van der Waals surface area contributed by atoms with E-state index in [1.807, 2.05) is 11.8 Å². The Bertz CT molecular complexity index is 91.4. The molecule has 0 bridgehead atoms. The van der Waals surface area contributed by atoms with Gasteiger partial charge < -0.3 is 0 Å². The summed E-state index contributed by atoms with van der Waals surface area (Å²) in [5.41, 5.74) is 0. The molecule has 0 aromatic heterocycles. The van der Waals surface area contributed by atoms with E-state index in [1.54, 1.807) is 0 Å². The smallest absolute Gasteiger partial charge is 0.00860 e. The van der Waals surface area contributed by atoms with Crippen LogP contribution in [-0.4, -0.2) is 11.5 Å². The van der Waals surface area contributed by atoms with Crippen molar-refractivity contribution in [2.75, 3.05) is 11.5 Å². The molecule has 0 rings (SSSR count). The first-order valence-corrected chi connectivity index (χ1v) is 4.87. The van der Waals surface area contributed by atoms with E-state index in [2.05, 4.69) is 12.8 Å². The van der Waals surface area contributed by atoms with Crippen LogP contribution in [0.4, 0.5) is 0 Å². The van der Waals surface area contributed by atoms with E-state index >= 15 is 0 Å². The zero-order valence-electron chi connectivity index (χ0n) is 6.44. The third-order valence-electron chi connectivity index (χ3n) is 1.25. The topological polar surface area (TPSA) is 0 Å². The molecule has 1 heteroatoms. The molecule has 0 unspecified atom stereocenters. The molecule has 0 amide bonds. The van der Waals surface area contributed by atoms with E-state index in [1.165, 1.54) is 25.0 Å². The van der Waals surface area contributed by atoms with Crippen LogP contribution in [0.5, 0.6) is 0 Å². The molecule has 0 aromatic carbocycles. The maximum atomic E-state index is 5.10. The Kier molecular flexibility index (Phi) is 8.83. The van der Waals surface area contributed by atoms with Crippen LogP contribution in [0.1, 0.15) is 25.7 Å². The molecular formula is C9H15S. The molecule has 0 heterocycles. The summed E-state index contributed by atoms with van der Waals surface area (Å²) in [6.45, 7) is 3.75. The monoisotopic (exact) mass is 155 g/mol. The van der Waals surface area contributed by atoms with Crippen molar-refractivity contribution in [3.05, 3.63) is 6.92 Å². The second kappa shape index (κ2) is 8.91. The highest BCUT2D eigenvalue weighted by Gasteiger charge is 1.86. The molecule has 0 N–H and O–H groups in total. The second-order valence-corrected chi connectivity index (χ2v) is 3.35. The third-order valence-corrected chi connectivity index (χ3v) is 2.12. The SMILES string of the molecule is C#CCCCCCSC[CH2]. The zero-order valence-corrected chi connectivity index (χ0v) is 7.25. The van der Waals surface area contributed by atoms with Gasteiger partial charge in [0.05, 0.1) is 0 Å². The van der Waals surface area contributed by atoms with Gasteiger partial charge in [0.2, 0.25) is 0 Å². The molecule has 0 fully saturated rings. The van der Waals surface area contributed by atoms with Crippen LogP contribution in [0, 0.1) is 19.3 Å². The molecule has 0 nitrogen and oxygen atoms in total. The lowest BCUT2D eigenvalue weighted by atomic mass is 10.2. The van der Waals surface area contributed by atoms with Gasteiger partial charge in [-0.2, -0.15) is 11.8 Å². The fraction of sp³-hybridized carbons (Fsp3) is 0.667. The minimum Gasteiger partial charge on any atom is -0.162 e. The quantitative estimate of drug-likeness (QED) is 0.420. The summed E-state index contributed by atoms with van der Waals surface area (Å²) in [6, 6.07) is 0. The molecule has 0 saturated carbocycles. The molecule has 0 aliphatic carbocycles. The maximum Gasteiger partial charge on any atom is 0.00860 e. The molecule has 0 spiro atoms. The number of terminal acetylenes is 1. The third kappa shape index (κ3) is 7.91. The summed E-state index contributed by atoms with van der Waals surface area (Å²) in [7, 11) is 0. The fourth-order valence-electron chi connectivity index (χ4n) is 0.710. The largest absolute Gasteiger partial charge is 0.162 e. The first-order chi connectivity index (χ1) is 4.91. The lowest BCUT2D eigenvalue weighted by Gasteiger charge is -1.96. The average Bonchev–Trinajstić information content (AvgIpc) is 1.97. The first-order valence-electron chi connectivity index (χ1n) is 3.72. The summed E-state index contributed by atoms with van der Waals surface area (Å²) >= 11 is 1.90.